The van der Waals surface area contributed by atoms with Gasteiger partial charge in [0.25, 0.3) is 10.0 Å². The van der Waals surface area contributed by atoms with E-state index in [-0.39, 0.29) is 22.0 Å². The number of benzene rings is 1. The van der Waals surface area contributed by atoms with Gasteiger partial charge >= 0.3 is 5.97 Å². The first kappa shape index (κ1) is 14.9. The van der Waals surface area contributed by atoms with Crippen molar-refractivity contribution in [2.75, 3.05) is 17.6 Å². The molecule has 1 heterocycles. The highest BCUT2D eigenvalue weighted by Gasteiger charge is 2.24. The molecule has 0 bridgehead atoms. The van der Waals surface area contributed by atoms with Crippen molar-refractivity contribution >= 4 is 27.5 Å². The standard InChI is InChI=1S/C12H14N4O4S/c1-16-11(5-6-14-16)15-21(18,19)10-4-3-8(13)7-9(10)12(17)20-2/h3-7,15H,13H2,1-2H3. The zero-order valence-corrected chi connectivity index (χ0v) is 12.2. The molecule has 0 aliphatic heterocycles. The van der Waals surface area contributed by atoms with E-state index in [1.807, 2.05) is 0 Å². The number of hydrogen-bond donors (Lipinski definition) is 2. The monoisotopic (exact) mass is 310 g/mol. The summed E-state index contributed by atoms with van der Waals surface area (Å²) in [5.74, 6) is -0.518. The zero-order chi connectivity index (χ0) is 15.6. The van der Waals surface area contributed by atoms with Crippen molar-refractivity contribution in [2.45, 2.75) is 4.90 Å². The Hall–Kier alpha value is -2.55. The number of hydrogen-bond acceptors (Lipinski definition) is 6. The van der Waals surface area contributed by atoms with Crippen LogP contribution in [0, 0.1) is 0 Å². The fraction of sp³-hybridized carbons (Fsp3) is 0.167. The number of carbonyl (C=O) groups is 1. The number of anilines is 2. The number of ether oxygens (including phenoxy) is 1. The SMILES string of the molecule is COC(=O)c1cc(N)ccc1S(=O)(=O)Nc1ccnn1C. The van der Waals surface area contributed by atoms with Crippen molar-refractivity contribution in [3.63, 3.8) is 0 Å². The number of nitrogen functional groups attached to an aromatic ring is 1. The van der Waals surface area contributed by atoms with Gasteiger partial charge in [0.05, 0.1) is 18.9 Å². The summed E-state index contributed by atoms with van der Waals surface area (Å²) in [5, 5.41) is 3.86. The van der Waals surface area contributed by atoms with Gasteiger partial charge in [-0.15, -0.1) is 0 Å². The highest BCUT2D eigenvalue weighted by molar-refractivity contribution is 7.92. The van der Waals surface area contributed by atoms with Crippen LogP contribution < -0.4 is 10.5 Å². The first-order valence-corrected chi connectivity index (χ1v) is 7.32. The van der Waals surface area contributed by atoms with Gasteiger partial charge in [-0.25, -0.2) is 13.2 Å². The number of esters is 1. The van der Waals surface area contributed by atoms with Crippen LogP contribution in [0.4, 0.5) is 11.5 Å². The first-order valence-electron chi connectivity index (χ1n) is 5.84. The lowest BCUT2D eigenvalue weighted by Gasteiger charge is -2.11. The molecule has 0 atom stereocenters. The number of carbonyl (C=O) groups excluding carboxylic acids is 1. The van der Waals surface area contributed by atoms with Crippen LogP contribution in [0.3, 0.4) is 0 Å². The fourth-order valence-electron chi connectivity index (χ4n) is 1.72. The Morgan fingerprint density at radius 1 is 1.38 bits per heavy atom. The summed E-state index contributed by atoms with van der Waals surface area (Å²) in [6.07, 6.45) is 1.45. The molecule has 0 saturated heterocycles. The van der Waals surface area contributed by atoms with E-state index in [2.05, 4.69) is 14.6 Å². The molecule has 9 heteroatoms. The van der Waals surface area contributed by atoms with Gasteiger partial charge in [-0.05, 0) is 18.2 Å². The van der Waals surface area contributed by atoms with Gasteiger partial charge in [-0.1, -0.05) is 0 Å². The number of aromatic nitrogens is 2. The number of nitrogens with two attached hydrogens (primary N) is 1. The Labute approximate surface area is 121 Å². The van der Waals surface area contributed by atoms with E-state index in [9.17, 15) is 13.2 Å². The van der Waals surface area contributed by atoms with Gasteiger partial charge in [-0.2, -0.15) is 5.10 Å². The second kappa shape index (κ2) is 5.44. The summed E-state index contributed by atoms with van der Waals surface area (Å²) in [4.78, 5) is 11.5. The fourth-order valence-corrected chi connectivity index (χ4v) is 2.98. The molecular formula is C12H14N4O4S. The molecule has 112 valence electrons. The minimum absolute atomic E-state index is 0.132. The maximum atomic E-state index is 12.4. The Morgan fingerprint density at radius 2 is 2.10 bits per heavy atom. The molecule has 0 aliphatic carbocycles. The first-order chi connectivity index (χ1) is 9.85. The Kier molecular flexibility index (Phi) is 3.85. The van der Waals surface area contributed by atoms with Gasteiger partial charge in [-0.3, -0.25) is 9.40 Å². The van der Waals surface area contributed by atoms with Crippen LogP contribution in [-0.4, -0.2) is 31.3 Å². The molecule has 2 rings (SSSR count). The molecule has 2 aromatic rings. The van der Waals surface area contributed by atoms with Gasteiger partial charge in [0.15, 0.2) is 0 Å². The summed E-state index contributed by atoms with van der Waals surface area (Å²) >= 11 is 0. The average Bonchev–Trinajstić information content (AvgIpc) is 2.82. The largest absolute Gasteiger partial charge is 0.465 e. The van der Waals surface area contributed by atoms with Crippen LogP contribution in [0.1, 0.15) is 10.4 Å². The summed E-state index contributed by atoms with van der Waals surface area (Å²) in [6.45, 7) is 0. The minimum Gasteiger partial charge on any atom is -0.465 e. The number of aryl methyl sites for hydroxylation is 1. The van der Waals surface area contributed by atoms with Crippen molar-refractivity contribution in [2.24, 2.45) is 7.05 Å². The van der Waals surface area contributed by atoms with E-state index in [4.69, 9.17) is 5.73 Å². The molecule has 0 spiro atoms. The van der Waals surface area contributed by atoms with E-state index in [1.165, 1.54) is 35.1 Å². The van der Waals surface area contributed by atoms with E-state index >= 15 is 0 Å². The van der Waals surface area contributed by atoms with Gasteiger partial charge < -0.3 is 10.5 Å². The number of nitrogens with zero attached hydrogens (tertiary/aromatic N) is 2. The molecule has 1 aromatic heterocycles. The second-order valence-electron chi connectivity index (χ2n) is 4.19. The Bertz CT molecular complexity index is 782. The van der Waals surface area contributed by atoms with Gasteiger partial charge in [0, 0.05) is 18.8 Å². The summed E-state index contributed by atoms with van der Waals surface area (Å²) in [6, 6.07) is 5.39. The highest BCUT2D eigenvalue weighted by Crippen LogP contribution is 2.22. The van der Waals surface area contributed by atoms with E-state index < -0.39 is 16.0 Å². The molecule has 1 aromatic carbocycles. The lowest BCUT2D eigenvalue weighted by molar-refractivity contribution is 0.0596. The molecule has 3 N–H and O–H groups in total. The van der Waals surface area contributed by atoms with Crippen molar-refractivity contribution in [3.8, 4) is 0 Å². The molecule has 0 saturated carbocycles. The molecule has 8 nitrogen and oxygen atoms in total. The number of nitrogens with one attached hydrogen (secondary N) is 1. The molecule has 0 unspecified atom stereocenters. The lowest BCUT2D eigenvalue weighted by Crippen LogP contribution is -2.19. The smallest absolute Gasteiger partial charge is 0.339 e. The summed E-state index contributed by atoms with van der Waals surface area (Å²) in [5.41, 5.74) is 5.71. The average molecular weight is 310 g/mol. The number of rotatable bonds is 4. The van der Waals surface area contributed by atoms with Crippen molar-refractivity contribution in [3.05, 3.63) is 36.0 Å². The molecule has 0 aliphatic rings. The van der Waals surface area contributed by atoms with Gasteiger partial charge in [0.1, 0.15) is 10.7 Å². The maximum Gasteiger partial charge on any atom is 0.339 e. The molecule has 0 amide bonds. The predicted molar refractivity (Wildman–Crippen MR) is 76.2 cm³/mol. The third-order valence-corrected chi connectivity index (χ3v) is 4.17. The van der Waals surface area contributed by atoms with Crippen LogP contribution in [0.5, 0.6) is 0 Å². The third kappa shape index (κ3) is 2.97. The zero-order valence-electron chi connectivity index (χ0n) is 11.4. The van der Waals surface area contributed by atoms with Crippen LogP contribution in [-0.2, 0) is 21.8 Å². The molecule has 0 radical (unpaired) electrons. The van der Waals surface area contributed by atoms with Crippen LogP contribution in [0.2, 0.25) is 0 Å². The number of methoxy groups -OCH3 is 1. The minimum atomic E-state index is -3.98. The number of sulfonamides is 1. The Morgan fingerprint density at radius 3 is 2.67 bits per heavy atom. The summed E-state index contributed by atoms with van der Waals surface area (Å²) < 4.78 is 33.1. The van der Waals surface area contributed by atoms with Crippen molar-refractivity contribution in [1.29, 1.82) is 0 Å². The predicted octanol–water partition coefficient (Wildman–Crippen LogP) is 0.590. The lowest BCUT2D eigenvalue weighted by atomic mass is 10.2. The van der Waals surface area contributed by atoms with Crippen LogP contribution in [0.15, 0.2) is 35.4 Å². The normalized spacial score (nSPS) is 11.1. The Balaban J connectivity index is 2.50. The van der Waals surface area contributed by atoms with Crippen molar-refractivity contribution in [1.82, 2.24) is 9.78 Å². The van der Waals surface area contributed by atoms with Gasteiger partial charge in [0.2, 0.25) is 0 Å². The maximum absolute atomic E-state index is 12.4. The molecule has 0 fully saturated rings. The molecule has 21 heavy (non-hydrogen) atoms. The van der Waals surface area contributed by atoms with E-state index in [0.717, 1.165) is 7.11 Å². The van der Waals surface area contributed by atoms with Crippen LogP contribution >= 0.6 is 0 Å². The van der Waals surface area contributed by atoms with E-state index in [1.54, 1.807) is 7.05 Å². The topological polar surface area (TPSA) is 116 Å². The van der Waals surface area contributed by atoms with E-state index in [0.29, 0.717) is 0 Å². The summed E-state index contributed by atoms with van der Waals surface area (Å²) in [7, 11) is -1.23. The third-order valence-electron chi connectivity index (χ3n) is 2.76. The second-order valence-corrected chi connectivity index (χ2v) is 5.84. The van der Waals surface area contributed by atoms with Crippen LogP contribution in [0.25, 0.3) is 0 Å². The quantitative estimate of drug-likeness (QED) is 0.630. The highest BCUT2D eigenvalue weighted by atomic mass is 32.2. The van der Waals surface area contributed by atoms with Crippen molar-refractivity contribution < 1.29 is 17.9 Å². The molecular weight excluding hydrogens is 296 g/mol.